The Hall–Kier alpha value is -4.14. The lowest BCUT2D eigenvalue weighted by molar-refractivity contribution is -0.139. The van der Waals surface area contributed by atoms with E-state index in [1.54, 1.807) is 20.3 Å². The van der Waals surface area contributed by atoms with Gasteiger partial charge in [-0.3, -0.25) is 4.79 Å². The molecule has 1 amide bonds. The smallest absolute Gasteiger partial charge is 0.326 e. The Balaban J connectivity index is 1.78. The summed E-state index contributed by atoms with van der Waals surface area (Å²) >= 11 is 6.02. The minimum absolute atomic E-state index is 0.0388. The standard InChI is InChI=1S/C31H30ClFN2O5/c1-35(2)17-19-14-15-26(39-3)27(29(19)40-4)22-11-6-9-20-18(8-5-10-21(20)22)16-25(31(37)38)34-30(36)28-23(32)12-7-13-24(28)33/h5-15,25H,16-17H2,1-4H3,(H,34,36)(H,37,38)/t25-/m0/s1. The fraction of sp³-hybridized carbons (Fsp3) is 0.226. The zero-order valence-electron chi connectivity index (χ0n) is 22.6. The predicted octanol–water partition coefficient (Wildman–Crippen LogP) is 5.80. The number of carbonyl (C=O) groups is 2. The molecule has 208 valence electrons. The number of hydrogen-bond acceptors (Lipinski definition) is 5. The quantitative estimate of drug-likeness (QED) is 0.253. The van der Waals surface area contributed by atoms with Gasteiger partial charge >= 0.3 is 5.97 Å². The second kappa shape index (κ2) is 12.4. The molecule has 0 unspecified atom stereocenters. The predicted molar refractivity (Wildman–Crippen MR) is 154 cm³/mol. The van der Waals surface area contributed by atoms with Crippen molar-refractivity contribution >= 4 is 34.2 Å². The Kier molecular flexibility index (Phi) is 8.92. The first-order valence-corrected chi connectivity index (χ1v) is 12.9. The molecule has 9 heteroatoms. The Labute approximate surface area is 237 Å². The molecule has 2 N–H and O–H groups in total. The molecule has 40 heavy (non-hydrogen) atoms. The summed E-state index contributed by atoms with van der Waals surface area (Å²) in [5, 5.41) is 13.9. The Morgan fingerprint density at radius 3 is 2.30 bits per heavy atom. The molecule has 0 heterocycles. The van der Waals surface area contributed by atoms with E-state index in [1.807, 2.05) is 61.5 Å². The van der Waals surface area contributed by atoms with E-state index in [1.165, 1.54) is 12.1 Å². The Morgan fingerprint density at radius 2 is 1.65 bits per heavy atom. The molecule has 0 saturated heterocycles. The number of carboxylic acid groups (broad SMARTS) is 1. The highest BCUT2D eigenvalue weighted by atomic mass is 35.5. The number of rotatable bonds is 10. The summed E-state index contributed by atoms with van der Waals surface area (Å²) in [5.74, 6) is -1.67. The van der Waals surface area contributed by atoms with Gasteiger partial charge in [-0.25, -0.2) is 9.18 Å². The molecule has 0 fully saturated rings. The molecule has 0 bridgehead atoms. The van der Waals surface area contributed by atoms with Gasteiger partial charge in [0, 0.05) is 18.5 Å². The number of hydrogen-bond donors (Lipinski definition) is 2. The molecule has 4 aromatic rings. The molecule has 0 aliphatic heterocycles. The zero-order chi connectivity index (χ0) is 29.0. The van der Waals surface area contributed by atoms with Crippen LogP contribution in [0.25, 0.3) is 21.9 Å². The lowest BCUT2D eigenvalue weighted by Gasteiger charge is -2.21. The molecule has 0 saturated carbocycles. The summed E-state index contributed by atoms with van der Waals surface area (Å²) in [5.41, 5.74) is 2.91. The van der Waals surface area contributed by atoms with E-state index in [0.717, 1.165) is 33.5 Å². The molecule has 0 aliphatic carbocycles. The summed E-state index contributed by atoms with van der Waals surface area (Å²) in [4.78, 5) is 27.0. The lowest BCUT2D eigenvalue weighted by atomic mass is 9.91. The lowest BCUT2D eigenvalue weighted by Crippen LogP contribution is -2.42. The van der Waals surface area contributed by atoms with Gasteiger partial charge in [0.15, 0.2) is 0 Å². The average Bonchev–Trinajstić information content (AvgIpc) is 2.91. The van der Waals surface area contributed by atoms with Crippen molar-refractivity contribution < 1.29 is 28.6 Å². The summed E-state index contributed by atoms with van der Waals surface area (Å²) in [6.45, 7) is 0.655. The number of benzene rings is 4. The highest BCUT2D eigenvalue weighted by molar-refractivity contribution is 6.33. The second-order valence-electron chi connectivity index (χ2n) is 9.56. The Bertz CT molecular complexity index is 1550. The number of amides is 1. The first-order valence-electron chi connectivity index (χ1n) is 12.5. The van der Waals surface area contributed by atoms with E-state index < -0.39 is 29.3 Å². The van der Waals surface area contributed by atoms with Crippen molar-refractivity contribution in [1.29, 1.82) is 0 Å². The highest BCUT2D eigenvalue weighted by Crippen LogP contribution is 2.44. The largest absolute Gasteiger partial charge is 0.496 e. The fourth-order valence-corrected chi connectivity index (χ4v) is 5.12. The van der Waals surface area contributed by atoms with Crippen molar-refractivity contribution in [3.63, 3.8) is 0 Å². The van der Waals surface area contributed by atoms with Gasteiger partial charge in [0.1, 0.15) is 23.4 Å². The maximum absolute atomic E-state index is 14.3. The number of methoxy groups -OCH3 is 2. The highest BCUT2D eigenvalue weighted by Gasteiger charge is 2.26. The van der Waals surface area contributed by atoms with Crippen LogP contribution in [0.2, 0.25) is 5.02 Å². The number of carbonyl (C=O) groups excluding carboxylic acids is 1. The molecule has 7 nitrogen and oxygen atoms in total. The van der Waals surface area contributed by atoms with E-state index >= 15 is 0 Å². The molecule has 0 spiro atoms. The van der Waals surface area contributed by atoms with Gasteiger partial charge in [-0.2, -0.15) is 0 Å². The van der Waals surface area contributed by atoms with Crippen LogP contribution in [-0.4, -0.2) is 56.2 Å². The third kappa shape index (κ3) is 5.88. The molecule has 1 atom stereocenters. The molecule has 0 aliphatic rings. The molecular formula is C31H30ClFN2O5. The third-order valence-electron chi connectivity index (χ3n) is 6.61. The van der Waals surface area contributed by atoms with Gasteiger partial charge in [0.2, 0.25) is 0 Å². The van der Waals surface area contributed by atoms with Crippen LogP contribution in [0.15, 0.2) is 66.7 Å². The normalized spacial score (nSPS) is 11.9. The first kappa shape index (κ1) is 28.9. The molecule has 0 radical (unpaired) electrons. The summed E-state index contributed by atoms with van der Waals surface area (Å²) < 4.78 is 25.9. The number of nitrogens with zero attached hydrogens (tertiary/aromatic N) is 1. The maximum Gasteiger partial charge on any atom is 0.326 e. The van der Waals surface area contributed by atoms with Crippen LogP contribution in [-0.2, 0) is 17.8 Å². The molecule has 4 aromatic carbocycles. The minimum Gasteiger partial charge on any atom is -0.496 e. The van der Waals surface area contributed by atoms with Gasteiger partial charge in [-0.05, 0) is 54.2 Å². The van der Waals surface area contributed by atoms with Crippen molar-refractivity contribution in [3.8, 4) is 22.6 Å². The summed E-state index contributed by atoms with van der Waals surface area (Å²) in [6, 6.07) is 17.7. The fourth-order valence-electron chi connectivity index (χ4n) is 4.87. The maximum atomic E-state index is 14.3. The van der Waals surface area contributed by atoms with E-state index in [-0.39, 0.29) is 11.4 Å². The van der Waals surface area contributed by atoms with Gasteiger partial charge < -0.3 is 24.8 Å². The van der Waals surface area contributed by atoms with Crippen molar-refractivity contribution in [1.82, 2.24) is 10.2 Å². The SMILES string of the molecule is COc1ccc(CN(C)C)c(OC)c1-c1cccc2c(C[C@H](NC(=O)c3c(F)cccc3Cl)C(=O)O)cccc12. The van der Waals surface area contributed by atoms with Crippen LogP contribution < -0.4 is 14.8 Å². The monoisotopic (exact) mass is 564 g/mol. The number of nitrogens with one attached hydrogen (secondary N) is 1. The zero-order valence-corrected chi connectivity index (χ0v) is 23.4. The molecule has 4 rings (SSSR count). The number of fused-ring (bicyclic) bond motifs is 1. The van der Waals surface area contributed by atoms with Crippen LogP contribution >= 0.6 is 11.6 Å². The van der Waals surface area contributed by atoms with Crippen molar-refractivity contribution in [2.24, 2.45) is 0 Å². The van der Waals surface area contributed by atoms with Gasteiger partial charge in [0.05, 0.1) is 30.4 Å². The first-order chi connectivity index (χ1) is 19.2. The topological polar surface area (TPSA) is 88.1 Å². The van der Waals surface area contributed by atoms with Crippen molar-refractivity contribution in [2.45, 2.75) is 19.0 Å². The number of ether oxygens (including phenoxy) is 2. The Morgan fingerprint density at radius 1 is 0.950 bits per heavy atom. The van der Waals surface area contributed by atoms with E-state index in [9.17, 15) is 19.1 Å². The molecule has 0 aromatic heterocycles. The van der Waals surface area contributed by atoms with E-state index in [4.69, 9.17) is 21.1 Å². The van der Waals surface area contributed by atoms with Crippen LogP contribution in [0.4, 0.5) is 4.39 Å². The van der Waals surface area contributed by atoms with Crippen molar-refractivity contribution in [3.05, 3.63) is 94.3 Å². The van der Waals surface area contributed by atoms with E-state index in [0.29, 0.717) is 23.6 Å². The number of carboxylic acids is 1. The van der Waals surface area contributed by atoms with Crippen LogP contribution in [0.5, 0.6) is 11.5 Å². The number of aliphatic carboxylic acids is 1. The van der Waals surface area contributed by atoms with Gasteiger partial charge in [0.25, 0.3) is 5.91 Å². The molecular weight excluding hydrogens is 535 g/mol. The van der Waals surface area contributed by atoms with Gasteiger partial charge in [-0.15, -0.1) is 0 Å². The van der Waals surface area contributed by atoms with E-state index in [2.05, 4.69) is 5.32 Å². The second-order valence-corrected chi connectivity index (χ2v) is 9.96. The van der Waals surface area contributed by atoms with Crippen LogP contribution in [0.3, 0.4) is 0 Å². The summed E-state index contributed by atoms with van der Waals surface area (Å²) in [7, 11) is 7.18. The van der Waals surface area contributed by atoms with Crippen LogP contribution in [0, 0.1) is 5.82 Å². The summed E-state index contributed by atoms with van der Waals surface area (Å²) in [6.07, 6.45) is -0.0388. The minimum atomic E-state index is -1.33. The van der Waals surface area contributed by atoms with Crippen molar-refractivity contribution in [2.75, 3.05) is 28.3 Å². The van der Waals surface area contributed by atoms with Crippen LogP contribution in [0.1, 0.15) is 21.5 Å². The third-order valence-corrected chi connectivity index (χ3v) is 6.93. The number of halogens is 2. The van der Waals surface area contributed by atoms with Gasteiger partial charge in [-0.1, -0.05) is 60.1 Å². The average molecular weight is 565 g/mol.